The van der Waals surface area contributed by atoms with Gasteiger partial charge in [-0.1, -0.05) is 97.3 Å². The van der Waals surface area contributed by atoms with E-state index in [0.717, 1.165) is 25.2 Å². The summed E-state index contributed by atoms with van der Waals surface area (Å²) < 4.78 is 6.01. The first kappa shape index (κ1) is 29.9. The highest BCUT2D eigenvalue weighted by Crippen LogP contribution is 2.19. The Hall–Kier alpha value is -1.10. The van der Waals surface area contributed by atoms with Crippen molar-refractivity contribution in [3.05, 3.63) is 0 Å². The Morgan fingerprint density at radius 1 is 0.806 bits per heavy atom. The van der Waals surface area contributed by atoms with Crippen LogP contribution in [0.5, 0.6) is 0 Å². The predicted octanol–water partition coefficient (Wildman–Crippen LogP) is 6.59. The van der Waals surface area contributed by atoms with Gasteiger partial charge >= 0.3 is 11.9 Å². The smallest absolute Gasteiger partial charge is 0.307 e. The number of ether oxygens (including phenoxy) is 1. The number of aliphatic carboxylic acids is 1. The molecule has 0 aromatic heterocycles. The van der Waals surface area contributed by atoms with E-state index in [0.29, 0.717) is 17.4 Å². The van der Waals surface area contributed by atoms with Crippen molar-refractivity contribution in [3.8, 4) is 0 Å². The molecule has 1 N–H and O–H groups in total. The third-order valence-electron chi connectivity index (χ3n) is 5.83. The molecule has 0 bridgehead atoms. The molecule has 0 rings (SSSR count). The van der Waals surface area contributed by atoms with Crippen molar-refractivity contribution in [2.24, 2.45) is 5.92 Å². The minimum Gasteiger partial charge on any atom is -0.481 e. The van der Waals surface area contributed by atoms with Gasteiger partial charge in [0.1, 0.15) is 6.54 Å². The van der Waals surface area contributed by atoms with Gasteiger partial charge in [-0.25, -0.2) is 0 Å². The summed E-state index contributed by atoms with van der Waals surface area (Å²) in [7, 11) is 5.91. The Morgan fingerprint density at radius 3 is 1.77 bits per heavy atom. The highest BCUT2D eigenvalue weighted by atomic mass is 16.5. The van der Waals surface area contributed by atoms with Crippen LogP contribution in [0.1, 0.15) is 117 Å². The number of carbonyl (C=O) groups is 2. The number of esters is 1. The quantitative estimate of drug-likeness (QED) is 0.124. The van der Waals surface area contributed by atoms with E-state index in [2.05, 4.69) is 13.8 Å². The van der Waals surface area contributed by atoms with E-state index in [-0.39, 0.29) is 12.4 Å². The second-order valence-corrected chi connectivity index (χ2v) is 10.5. The zero-order chi connectivity index (χ0) is 23.5. The van der Waals surface area contributed by atoms with E-state index >= 15 is 0 Å². The summed E-state index contributed by atoms with van der Waals surface area (Å²) in [6.45, 7) is 5.15. The summed E-state index contributed by atoms with van der Waals surface area (Å²) in [6.07, 6.45) is 17.7. The van der Waals surface area contributed by atoms with Crippen LogP contribution in [0.3, 0.4) is 0 Å². The first-order valence-corrected chi connectivity index (χ1v) is 12.9. The number of quaternary nitrogens is 1. The monoisotopic (exact) mass is 442 g/mol. The van der Waals surface area contributed by atoms with Crippen LogP contribution in [0.4, 0.5) is 0 Å². The van der Waals surface area contributed by atoms with Gasteiger partial charge < -0.3 is 14.3 Å². The van der Waals surface area contributed by atoms with E-state index in [1.165, 1.54) is 70.6 Å². The normalized spacial score (nSPS) is 13.7. The standard InChI is InChI=1S/C26H51NO4/c1-6-7-8-9-10-11-12-15-18-23(2)19-16-13-14-17-20-26(30)31-24(21-25(28)29)22-27(3,4)5/h23-24H,6-22H2,1-5H3/p+1. The van der Waals surface area contributed by atoms with Gasteiger partial charge in [-0.3, -0.25) is 9.59 Å². The van der Waals surface area contributed by atoms with Crippen molar-refractivity contribution < 1.29 is 23.9 Å². The fourth-order valence-electron chi connectivity index (χ4n) is 4.08. The number of likely N-dealkylation sites (N-methyl/N-ethyl adjacent to an activating group) is 1. The number of hydrogen-bond acceptors (Lipinski definition) is 3. The summed E-state index contributed by atoms with van der Waals surface area (Å²) in [5.74, 6) is -0.382. The number of carboxylic acids is 1. The maximum atomic E-state index is 12.1. The van der Waals surface area contributed by atoms with Crippen LogP contribution in [0.15, 0.2) is 0 Å². The molecule has 2 unspecified atom stereocenters. The first-order valence-electron chi connectivity index (χ1n) is 12.9. The van der Waals surface area contributed by atoms with Gasteiger partial charge in [-0.05, 0) is 12.3 Å². The van der Waals surface area contributed by atoms with Gasteiger partial charge in [0, 0.05) is 6.42 Å². The number of carboxylic acid groups (broad SMARTS) is 1. The topological polar surface area (TPSA) is 63.6 Å². The zero-order valence-corrected chi connectivity index (χ0v) is 21.3. The van der Waals surface area contributed by atoms with Crippen LogP contribution in [0.25, 0.3) is 0 Å². The van der Waals surface area contributed by atoms with Crippen molar-refractivity contribution in [3.63, 3.8) is 0 Å². The molecule has 5 nitrogen and oxygen atoms in total. The Morgan fingerprint density at radius 2 is 1.29 bits per heavy atom. The summed E-state index contributed by atoms with van der Waals surface area (Å²) in [6, 6.07) is 0. The number of rotatable bonds is 21. The minimum absolute atomic E-state index is 0.127. The van der Waals surface area contributed by atoms with Crippen LogP contribution in [0, 0.1) is 5.92 Å². The number of hydrogen-bond donors (Lipinski definition) is 1. The second-order valence-electron chi connectivity index (χ2n) is 10.5. The molecular weight excluding hydrogens is 390 g/mol. The van der Waals surface area contributed by atoms with E-state index in [1.807, 2.05) is 21.1 Å². The average Bonchev–Trinajstić information content (AvgIpc) is 2.64. The SMILES string of the molecule is CCCCCCCCCCC(C)CCCCCCC(=O)OC(CC(=O)O)C[N+](C)(C)C. The Balaban J connectivity index is 3.70. The fraction of sp³-hybridized carbons (Fsp3) is 0.923. The Kier molecular flexibility index (Phi) is 17.8. The molecule has 0 saturated heterocycles. The van der Waals surface area contributed by atoms with Crippen molar-refractivity contribution in [1.82, 2.24) is 0 Å². The van der Waals surface area contributed by atoms with Crippen molar-refractivity contribution >= 4 is 11.9 Å². The third-order valence-corrected chi connectivity index (χ3v) is 5.83. The minimum atomic E-state index is -0.924. The molecule has 0 aromatic carbocycles. The van der Waals surface area contributed by atoms with Crippen LogP contribution >= 0.6 is 0 Å². The van der Waals surface area contributed by atoms with E-state index < -0.39 is 12.1 Å². The number of unbranched alkanes of at least 4 members (excludes halogenated alkanes) is 10. The van der Waals surface area contributed by atoms with Crippen LogP contribution in [0.2, 0.25) is 0 Å². The molecule has 0 radical (unpaired) electrons. The van der Waals surface area contributed by atoms with Gasteiger partial charge in [0.25, 0.3) is 0 Å². The molecule has 2 atom stereocenters. The van der Waals surface area contributed by atoms with Gasteiger partial charge in [0.05, 0.1) is 27.6 Å². The molecule has 5 heteroatoms. The highest BCUT2D eigenvalue weighted by molar-refractivity contribution is 5.71. The lowest BCUT2D eigenvalue weighted by atomic mass is 9.96. The fourth-order valence-corrected chi connectivity index (χ4v) is 4.08. The maximum Gasteiger partial charge on any atom is 0.307 e. The third kappa shape index (κ3) is 21.9. The summed E-state index contributed by atoms with van der Waals surface area (Å²) in [4.78, 5) is 23.1. The van der Waals surface area contributed by atoms with Crippen LogP contribution in [-0.2, 0) is 14.3 Å². The van der Waals surface area contributed by atoms with Gasteiger partial charge in [0.2, 0.25) is 0 Å². The molecule has 0 aliphatic carbocycles. The van der Waals surface area contributed by atoms with Crippen molar-refractivity contribution in [2.75, 3.05) is 27.7 Å². The molecule has 0 amide bonds. The van der Waals surface area contributed by atoms with Crippen molar-refractivity contribution in [1.29, 1.82) is 0 Å². The lowest BCUT2D eigenvalue weighted by Gasteiger charge is -2.28. The molecule has 31 heavy (non-hydrogen) atoms. The van der Waals surface area contributed by atoms with Crippen LogP contribution in [-0.4, -0.2) is 55.3 Å². The Bertz CT molecular complexity index is 459. The van der Waals surface area contributed by atoms with E-state index in [1.54, 1.807) is 0 Å². The molecule has 0 aliphatic rings. The molecule has 0 spiro atoms. The first-order chi connectivity index (χ1) is 14.6. The largest absolute Gasteiger partial charge is 0.481 e. The Labute approximate surface area is 192 Å². The summed E-state index contributed by atoms with van der Waals surface area (Å²) in [5.41, 5.74) is 0. The van der Waals surface area contributed by atoms with E-state index in [9.17, 15) is 9.59 Å². The molecular formula is C26H52NO4+. The van der Waals surface area contributed by atoms with Crippen molar-refractivity contribution in [2.45, 2.75) is 123 Å². The lowest BCUT2D eigenvalue weighted by molar-refractivity contribution is -0.873. The van der Waals surface area contributed by atoms with Gasteiger partial charge in [0.15, 0.2) is 6.10 Å². The molecule has 0 aromatic rings. The average molecular weight is 443 g/mol. The van der Waals surface area contributed by atoms with Gasteiger partial charge in [-0.15, -0.1) is 0 Å². The van der Waals surface area contributed by atoms with Gasteiger partial charge in [-0.2, -0.15) is 0 Å². The second kappa shape index (κ2) is 18.5. The molecule has 0 fully saturated rings. The number of carbonyl (C=O) groups excluding carboxylic acids is 1. The van der Waals surface area contributed by atoms with E-state index in [4.69, 9.17) is 9.84 Å². The predicted molar refractivity (Wildman–Crippen MR) is 129 cm³/mol. The number of nitrogens with zero attached hydrogens (tertiary/aromatic N) is 1. The molecule has 0 saturated carbocycles. The van der Waals surface area contributed by atoms with Crippen LogP contribution < -0.4 is 0 Å². The maximum absolute atomic E-state index is 12.1. The lowest BCUT2D eigenvalue weighted by Crippen LogP contribution is -2.43. The molecule has 0 heterocycles. The summed E-state index contributed by atoms with van der Waals surface area (Å²) in [5, 5.41) is 9.03. The molecule has 0 aliphatic heterocycles. The highest BCUT2D eigenvalue weighted by Gasteiger charge is 2.24. The molecule has 184 valence electrons. The summed E-state index contributed by atoms with van der Waals surface area (Å²) >= 11 is 0. The zero-order valence-electron chi connectivity index (χ0n) is 21.3.